The number of fused-ring (bicyclic) bond motifs is 1. The van der Waals surface area contributed by atoms with E-state index in [-0.39, 0.29) is 23.7 Å². The van der Waals surface area contributed by atoms with E-state index in [2.05, 4.69) is 10.0 Å². The zero-order chi connectivity index (χ0) is 17.9. The smallest absolute Gasteiger partial charge is 0.292 e. The molecule has 0 bridgehead atoms. The van der Waals surface area contributed by atoms with E-state index >= 15 is 0 Å². The summed E-state index contributed by atoms with van der Waals surface area (Å²) in [7, 11) is -3.59. The number of nitro groups is 1. The summed E-state index contributed by atoms with van der Waals surface area (Å²) in [5.74, 6) is 0. The van der Waals surface area contributed by atoms with Crippen LogP contribution in [0.1, 0.15) is 17.5 Å². The van der Waals surface area contributed by atoms with Gasteiger partial charge in [-0.1, -0.05) is 18.2 Å². The molecule has 2 N–H and O–H groups in total. The molecule has 132 valence electrons. The van der Waals surface area contributed by atoms with Crippen LogP contribution < -0.4 is 10.0 Å². The van der Waals surface area contributed by atoms with Crippen LogP contribution in [0.3, 0.4) is 0 Å². The molecule has 0 spiro atoms. The zero-order valence-electron chi connectivity index (χ0n) is 13.6. The standard InChI is InChI=1S/C17H19N3O4S/c21-20(22)17-7-2-1-6-16(17)18-10-11-19-25(23,24)15-9-8-13-4-3-5-14(13)12-15/h1-2,6-9,12,18-19H,3-5,10-11H2. The Balaban J connectivity index is 1.59. The Kier molecular flexibility index (Phi) is 5.00. The molecule has 0 saturated carbocycles. The molecule has 2 aromatic carbocycles. The molecule has 1 aliphatic rings. The summed E-state index contributed by atoms with van der Waals surface area (Å²) in [5.41, 5.74) is 2.64. The Bertz CT molecular complexity index is 897. The van der Waals surface area contributed by atoms with Crippen molar-refractivity contribution < 1.29 is 13.3 Å². The van der Waals surface area contributed by atoms with E-state index in [1.165, 1.54) is 11.6 Å². The van der Waals surface area contributed by atoms with Gasteiger partial charge in [0.05, 0.1) is 9.82 Å². The van der Waals surface area contributed by atoms with Crippen molar-refractivity contribution in [3.05, 3.63) is 63.7 Å². The van der Waals surface area contributed by atoms with Crippen molar-refractivity contribution in [1.82, 2.24) is 4.72 Å². The quantitative estimate of drug-likeness (QED) is 0.448. The summed E-state index contributed by atoms with van der Waals surface area (Å²) in [6.07, 6.45) is 2.98. The summed E-state index contributed by atoms with van der Waals surface area (Å²) in [6, 6.07) is 11.5. The first-order valence-electron chi connectivity index (χ1n) is 8.06. The van der Waals surface area contributed by atoms with Crippen molar-refractivity contribution in [1.29, 1.82) is 0 Å². The average molecular weight is 361 g/mol. The van der Waals surface area contributed by atoms with Gasteiger partial charge in [0.2, 0.25) is 10.0 Å². The number of hydrogen-bond donors (Lipinski definition) is 2. The Morgan fingerprint density at radius 3 is 2.60 bits per heavy atom. The van der Waals surface area contributed by atoms with Gasteiger partial charge in [-0.05, 0) is 48.6 Å². The second-order valence-electron chi connectivity index (χ2n) is 5.88. The van der Waals surface area contributed by atoms with Crippen molar-refractivity contribution in [2.75, 3.05) is 18.4 Å². The third kappa shape index (κ3) is 3.97. The molecule has 0 radical (unpaired) electrons. The largest absolute Gasteiger partial charge is 0.378 e. The van der Waals surface area contributed by atoms with Gasteiger partial charge in [0.15, 0.2) is 0 Å². The molecule has 0 heterocycles. The molecule has 0 fully saturated rings. The number of rotatable bonds is 7. The van der Waals surface area contributed by atoms with E-state index in [4.69, 9.17) is 0 Å². The lowest BCUT2D eigenvalue weighted by Gasteiger charge is -2.10. The van der Waals surface area contributed by atoms with E-state index < -0.39 is 14.9 Å². The molecule has 0 aliphatic heterocycles. The molecule has 3 rings (SSSR count). The Hall–Kier alpha value is -2.45. The molecule has 0 atom stereocenters. The van der Waals surface area contributed by atoms with Crippen molar-refractivity contribution in [2.45, 2.75) is 24.2 Å². The second-order valence-corrected chi connectivity index (χ2v) is 7.65. The molecule has 0 unspecified atom stereocenters. The third-order valence-electron chi connectivity index (χ3n) is 4.21. The predicted octanol–water partition coefficient (Wildman–Crippen LogP) is 2.47. The SMILES string of the molecule is O=[N+]([O-])c1ccccc1NCCNS(=O)(=O)c1ccc2c(c1)CCC2. The highest BCUT2D eigenvalue weighted by atomic mass is 32.2. The van der Waals surface area contributed by atoms with Crippen molar-refractivity contribution in [3.63, 3.8) is 0 Å². The Labute approximate surface area is 146 Å². The van der Waals surface area contributed by atoms with Crippen molar-refractivity contribution >= 4 is 21.4 Å². The Morgan fingerprint density at radius 2 is 1.80 bits per heavy atom. The summed E-state index contributed by atoms with van der Waals surface area (Å²) in [5, 5.41) is 13.8. The molecule has 2 aromatic rings. The number of benzene rings is 2. The summed E-state index contributed by atoms with van der Waals surface area (Å²) >= 11 is 0. The average Bonchev–Trinajstić information content (AvgIpc) is 3.06. The van der Waals surface area contributed by atoms with E-state index in [0.29, 0.717) is 5.69 Å². The number of anilines is 1. The van der Waals surface area contributed by atoms with E-state index in [1.54, 1.807) is 30.3 Å². The van der Waals surface area contributed by atoms with Crippen LogP contribution in [0.4, 0.5) is 11.4 Å². The van der Waals surface area contributed by atoms with Crippen LogP contribution in [0.15, 0.2) is 47.4 Å². The molecule has 7 nitrogen and oxygen atoms in total. The highest BCUT2D eigenvalue weighted by Gasteiger charge is 2.18. The zero-order valence-corrected chi connectivity index (χ0v) is 14.4. The first-order chi connectivity index (χ1) is 12.0. The van der Waals surface area contributed by atoms with Crippen LogP contribution in [-0.4, -0.2) is 26.4 Å². The van der Waals surface area contributed by atoms with Gasteiger partial charge >= 0.3 is 0 Å². The van der Waals surface area contributed by atoms with Crippen LogP contribution in [0, 0.1) is 10.1 Å². The van der Waals surface area contributed by atoms with E-state index in [9.17, 15) is 18.5 Å². The number of para-hydroxylation sites is 2. The minimum atomic E-state index is -3.59. The van der Waals surface area contributed by atoms with Crippen LogP contribution in [-0.2, 0) is 22.9 Å². The fourth-order valence-corrected chi connectivity index (χ4v) is 4.05. The molecule has 0 amide bonds. The van der Waals surface area contributed by atoms with Crippen molar-refractivity contribution in [3.8, 4) is 0 Å². The maximum Gasteiger partial charge on any atom is 0.292 e. The normalized spacial score (nSPS) is 13.4. The lowest BCUT2D eigenvalue weighted by Crippen LogP contribution is -2.29. The number of hydrogen-bond acceptors (Lipinski definition) is 5. The maximum absolute atomic E-state index is 12.4. The molecular formula is C17H19N3O4S. The van der Waals surface area contributed by atoms with Gasteiger partial charge in [0, 0.05) is 19.2 Å². The van der Waals surface area contributed by atoms with Gasteiger partial charge in [-0.25, -0.2) is 13.1 Å². The molecule has 25 heavy (non-hydrogen) atoms. The monoisotopic (exact) mass is 361 g/mol. The highest BCUT2D eigenvalue weighted by molar-refractivity contribution is 7.89. The first-order valence-corrected chi connectivity index (χ1v) is 9.54. The number of nitro benzene ring substituents is 1. The topological polar surface area (TPSA) is 101 Å². The maximum atomic E-state index is 12.4. The molecule has 1 aliphatic carbocycles. The van der Waals surface area contributed by atoms with Crippen LogP contribution in [0.25, 0.3) is 0 Å². The second kappa shape index (κ2) is 7.20. The summed E-state index contributed by atoms with van der Waals surface area (Å²) in [6.45, 7) is 0.375. The Morgan fingerprint density at radius 1 is 1.04 bits per heavy atom. The van der Waals surface area contributed by atoms with Crippen LogP contribution in [0.2, 0.25) is 0 Å². The number of sulfonamides is 1. The fourth-order valence-electron chi connectivity index (χ4n) is 2.96. The fraction of sp³-hybridized carbons (Fsp3) is 0.294. The molecule has 0 saturated heterocycles. The van der Waals surface area contributed by atoms with Gasteiger partial charge in [0.1, 0.15) is 5.69 Å². The third-order valence-corrected chi connectivity index (χ3v) is 5.67. The highest BCUT2D eigenvalue weighted by Crippen LogP contribution is 2.25. The number of aryl methyl sites for hydroxylation is 2. The minimum Gasteiger partial charge on any atom is -0.378 e. The predicted molar refractivity (Wildman–Crippen MR) is 95.2 cm³/mol. The molecular weight excluding hydrogens is 342 g/mol. The molecule has 0 aromatic heterocycles. The van der Waals surface area contributed by atoms with Gasteiger partial charge in [-0.3, -0.25) is 10.1 Å². The number of nitrogens with one attached hydrogen (secondary N) is 2. The van der Waals surface area contributed by atoms with E-state index in [0.717, 1.165) is 24.8 Å². The lowest BCUT2D eigenvalue weighted by molar-refractivity contribution is -0.384. The van der Waals surface area contributed by atoms with Gasteiger partial charge in [0.25, 0.3) is 5.69 Å². The van der Waals surface area contributed by atoms with Gasteiger partial charge in [-0.2, -0.15) is 0 Å². The van der Waals surface area contributed by atoms with E-state index in [1.807, 2.05) is 6.07 Å². The van der Waals surface area contributed by atoms with Crippen LogP contribution >= 0.6 is 0 Å². The minimum absolute atomic E-state index is 0.0380. The lowest BCUT2D eigenvalue weighted by atomic mass is 10.1. The van der Waals surface area contributed by atoms with Gasteiger partial charge < -0.3 is 5.32 Å². The van der Waals surface area contributed by atoms with Gasteiger partial charge in [-0.15, -0.1) is 0 Å². The summed E-state index contributed by atoms with van der Waals surface area (Å²) in [4.78, 5) is 10.7. The first kappa shape index (κ1) is 17.4. The van der Waals surface area contributed by atoms with Crippen LogP contribution in [0.5, 0.6) is 0 Å². The number of nitrogens with zero attached hydrogens (tertiary/aromatic N) is 1. The molecule has 8 heteroatoms. The summed E-state index contributed by atoms with van der Waals surface area (Å²) < 4.78 is 27.3. The van der Waals surface area contributed by atoms with Crippen molar-refractivity contribution in [2.24, 2.45) is 0 Å².